The third kappa shape index (κ3) is 2.81. The van der Waals surface area contributed by atoms with Crippen LogP contribution in [0.5, 0.6) is 0 Å². The summed E-state index contributed by atoms with van der Waals surface area (Å²) in [4.78, 5) is 16.3. The van der Waals surface area contributed by atoms with Crippen molar-refractivity contribution in [3.8, 4) is 0 Å². The molecule has 0 fully saturated rings. The van der Waals surface area contributed by atoms with E-state index in [4.69, 9.17) is 11.6 Å². The minimum absolute atomic E-state index is 0.151. The maximum absolute atomic E-state index is 13.0. The Hall–Kier alpha value is -2.66. The summed E-state index contributed by atoms with van der Waals surface area (Å²) in [5.74, 6) is 0.828. The number of para-hydroxylation sites is 1. The van der Waals surface area contributed by atoms with Crippen LogP contribution in [0.15, 0.2) is 53.3 Å². The Morgan fingerprint density at radius 1 is 1.12 bits per heavy atom. The van der Waals surface area contributed by atoms with Crippen LogP contribution in [0.1, 0.15) is 24.7 Å². The molecule has 0 saturated heterocycles. The summed E-state index contributed by atoms with van der Waals surface area (Å²) in [6, 6.07) is 15.4. The summed E-state index contributed by atoms with van der Waals surface area (Å²) >= 11 is 5.96. The van der Waals surface area contributed by atoms with Gasteiger partial charge in [-0.2, -0.15) is 0 Å². The van der Waals surface area contributed by atoms with Crippen LogP contribution in [0, 0.1) is 0 Å². The van der Waals surface area contributed by atoms with Crippen molar-refractivity contribution in [2.45, 2.75) is 26.3 Å². The molecule has 0 saturated carbocycles. The molecule has 0 aliphatic heterocycles. The van der Waals surface area contributed by atoms with E-state index in [1.165, 1.54) is 4.52 Å². The second-order valence-electron chi connectivity index (χ2n) is 6.09. The SMILES string of the molecule is CCCc1nn2c(=O)n(Cc3ccc(Cl)cc3)c3ccccc3c2[nH+]1. The molecule has 2 heterocycles. The highest BCUT2D eigenvalue weighted by atomic mass is 35.5. The van der Waals surface area contributed by atoms with E-state index in [0.29, 0.717) is 11.6 Å². The first-order valence-electron chi connectivity index (χ1n) is 8.34. The number of hydrogen-bond donors (Lipinski definition) is 0. The Morgan fingerprint density at radius 3 is 2.64 bits per heavy atom. The van der Waals surface area contributed by atoms with Crippen molar-refractivity contribution in [3.05, 3.63) is 75.4 Å². The number of rotatable bonds is 4. The molecule has 0 atom stereocenters. The molecule has 0 aliphatic carbocycles. The number of aromatic amines is 1. The lowest BCUT2D eigenvalue weighted by atomic mass is 10.2. The van der Waals surface area contributed by atoms with Gasteiger partial charge in [0.2, 0.25) is 0 Å². The maximum atomic E-state index is 13.0. The summed E-state index contributed by atoms with van der Waals surface area (Å²) in [7, 11) is 0. The molecule has 126 valence electrons. The number of halogens is 1. The van der Waals surface area contributed by atoms with Crippen LogP contribution in [0.2, 0.25) is 5.02 Å². The van der Waals surface area contributed by atoms with Gasteiger partial charge in [0.05, 0.1) is 22.5 Å². The summed E-state index contributed by atoms with van der Waals surface area (Å²) in [6.45, 7) is 2.56. The van der Waals surface area contributed by atoms with Gasteiger partial charge >= 0.3 is 5.69 Å². The summed E-state index contributed by atoms with van der Waals surface area (Å²) in [5.41, 5.74) is 2.49. The van der Waals surface area contributed by atoms with E-state index in [9.17, 15) is 4.79 Å². The fraction of sp³-hybridized carbons (Fsp3) is 0.211. The predicted octanol–water partition coefficient (Wildman–Crippen LogP) is 3.12. The Morgan fingerprint density at radius 2 is 1.88 bits per heavy atom. The van der Waals surface area contributed by atoms with Gasteiger partial charge in [0.25, 0.3) is 11.5 Å². The number of nitrogens with one attached hydrogen (secondary N) is 1. The average molecular weight is 354 g/mol. The number of aromatic nitrogens is 4. The molecule has 2 aromatic heterocycles. The van der Waals surface area contributed by atoms with Crippen LogP contribution in [0.3, 0.4) is 0 Å². The fourth-order valence-electron chi connectivity index (χ4n) is 3.11. The first-order valence-corrected chi connectivity index (χ1v) is 8.72. The van der Waals surface area contributed by atoms with Gasteiger partial charge in [0.1, 0.15) is 0 Å². The number of benzene rings is 2. The normalized spacial score (nSPS) is 11.4. The van der Waals surface area contributed by atoms with E-state index in [-0.39, 0.29) is 5.69 Å². The topological polar surface area (TPSA) is 53.4 Å². The zero-order chi connectivity index (χ0) is 17.4. The molecule has 1 N–H and O–H groups in total. The van der Waals surface area contributed by atoms with Gasteiger partial charge in [0.15, 0.2) is 0 Å². The summed E-state index contributed by atoms with van der Waals surface area (Å²) in [5, 5.41) is 6.14. The minimum Gasteiger partial charge on any atom is -0.273 e. The Kier molecular flexibility index (Phi) is 4.01. The predicted molar refractivity (Wildman–Crippen MR) is 98.1 cm³/mol. The maximum Gasteiger partial charge on any atom is 0.423 e. The van der Waals surface area contributed by atoms with Crippen molar-refractivity contribution in [2.75, 3.05) is 0 Å². The largest absolute Gasteiger partial charge is 0.423 e. The number of hydrogen-bond acceptors (Lipinski definition) is 2. The third-order valence-corrected chi connectivity index (χ3v) is 4.55. The monoisotopic (exact) mass is 353 g/mol. The van der Waals surface area contributed by atoms with Gasteiger partial charge in [-0.1, -0.05) is 42.8 Å². The molecule has 0 amide bonds. The van der Waals surface area contributed by atoms with E-state index >= 15 is 0 Å². The molecular formula is C19H18ClN4O+. The second kappa shape index (κ2) is 6.33. The highest BCUT2D eigenvalue weighted by Crippen LogP contribution is 2.17. The molecule has 0 unspecified atom stereocenters. The first kappa shape index (κ1) is 15.8. The Balaban J connectivity index is 1.96. The molecule has 4 rings (SSSR count). The van der Waals surface area contributed by atoms with Gasteiger partial charge in [0, 0.05) is 11.4 Å². The zero-order valence-corrected chi connectivity index (χ0v) is 14.6. The van der Waals surface area contributed by atoms with Crippen LogP contribution in [0.25, 0.3) is 16.6 Å². The van der Waals surface area contributed by atoms with E-state index in [2.05, 4.69) is 17.0 Å². The van der Waals surface area contributed by atoms with Crippen LogP contribution in [-0.2, 0) is 13.0 Å². The van der Waals surface area contributed by atoms with Crippen molar-refractivity contribution < 1.29 is 4.98 Å². The molecule has 0 spiro atoms. The lowest BCUT2D eigenvalue weighted by Crippen LogP contribution is -2.29. The minimum atomic E-state index is -0.151. The number of aryl methyl sites for hydroxylation is 1. The third-order valence-electron chi connectivity index (χ3n) is 4.30. The van der Waals surface area contributed by atoms with Gasteiger partial charge in [-0.15, -0.1) is 0 Å². The fourth-order valence-corrected chi connectivity index (χ4v) is 3.23. The standard InChI is InChI=1S/C19H17ClN4O/c1-2-5-17-21-18-15-6-3-4-7-16(15)23(19(25)24(18)22-17)12-13-8-10-14(20)11-9-13/h3-4,6-11H,2,5,12H2,1H3/p+1. The average Bonchev–Trinajstić information content (AvgIpc) is 3.05. The van der Waals surface area contributed by atoms with E-state index in [1.807, 2.05) is 48.5 Å². The molecule has 5 nitrogen and oxygen atoms in total. The van der Waals surface area contributed by atoms with Gasteiger partial charge in [-0.25, -0.2) is 9.78 Å². The molecule has 4 aromatic rings. The molecule has 2 aromatic carbocycles. The Bertz CT molecular complexity index is 1110. The van der Waals surface area contributed by atoms with E-state index < -0.39 is 0 Å². The highest BCUT2D eigenvalue weighted by Gasteiger charge is 2.21. The van der Waals surface area contributed by atoms with Crippen molar-refractivity contribution in [1.82, 2.24) is 14.2 Å². The Labute approximate surface area is 149 Å². The van der Waals surface area contributed by atoms with Crippen molar-refractivity contribution in [2.24, 2.45) is 0 Å². The van der Waals surface area contributed by atoms with Gasteiger partial charge < -0.3 is 0 Å². The molecule has 6 heteroatoms. The number of H-pyrrole nitrogens is 1. The number of nitrogens with zero attached hydrogens (tertiary/aromatic N) is 3. The lowest BCUT2D eigenvalue weighted by molar-refractivity contribution is -0.358. The van der Waals surface area contributed by atoms with Gasteiger partial charge in [-0.05, 0) is 40.8 Å². The summed E-state index contributed by atoms with van der Waals surface area (Å²) in [6.07, 6.45) is 1.78. The van der Waals surface area contributed by atoms with Crippen molar-refractivity contribution >= 4 is 28.2 Å². The first-order chi connectivity index (χ1) is 12.2. The molecule has 0 radical (unpaired) electrons. The zero-order valence-electron chi connectivity index (χ0n) is 13.9. The van der Waals surface area contributed by atoms with Crippen molar-refractivity contribution in [1.29, 1.82) is 0 Å². The molecule has 0 aliphatic rings. The second-order valence-corrected chi connectivity index (χ2v) is 6.53. The van der Waals surface area contributed by atoms with Crippen molar-refractivity contribution in [3.63, 3.8) is 0 Å². The molecular weight excluding hydrogens is 336 g/mol. The smallest absolute Gasteiger partial charge is 0.273 e. The van der Waals surface area contributed by atoms with Crippen LogP contribution < -0.4 is 10.7 Å². The molecule has 0 bridgehead atoms. The van der Waals surface area contributed by atoms with Crippen LogP contribution >= 0.6 is 11.6 Å². The quantitative estimate of drug-likeness (QED) is 0.566. The van der Waals surface area contributed by atoms with Crippen LogP contribution in [-0.4, -0.2) is 14.2 Å². The summed E-state index contributed by atoms with van der Waals surface area (Å²) < 4.78 is 3.23. The van der Waals surface area contributed by atoms with E-state index in [0.717, 1.165) is 40.8 Å². The van der Waals surface area contributed by atoms with E-state index in [1.54, 1.807) is 4.57 Å². The van der Waals surface area contributed by atoms with Crippen LogP contribution in [0.4, 0.5) is 0 Å². The van der Waals surface area contributed by atoms with Gasteiger partial charge in [-0.3, -0.25) is 4.57 Å². The number of fused-ring (bicyclic) bond motifs is 3. The molecule has 25 heavy (non-hydrogen) atoms. The highest BCUT2D eigenvalue weighted by molar-refractivity contribution is 6.30. The lowest BCUT2D eigenvalue weighted by Gasteiger charge is -2.08.